The summed E-state index contributed by atoms with van der Waals surface area (Å²) in [4.78, 5) is 10.7. The third-order valence-corrected chi connectivity index (χ3v) is 3.18. The second kappa shape index (κ2) is 5.80. The Labute approximate surface area is 114 Å². The van der Waals surface area contributed by atoms with E-state index in [9.17, 15) is 0 Å². The highest BCUT2D eigenvalue weighted by Crippen LogP contribution is 2.26. The molecule has 0 aliphatic carbocycles. The summed E-state index contributed by atoms with van der Waals surface area (Å²) in [6.07, 6.45) is 1.62. The number of anilines is 2. The summed E-state index contributed by atoms with van der Waals surface area (Å²) in [5, 5.41) is 0. The van der Waals surface area contributed by atoms with Crippen molar-refractivity contribution in [1.82, 2.24) is 9.97 Å². The minimum Gasteiger partial charge on any atom is -0.329 e. The van der Waals surface area contributed by atoms with Crippen molar-refractivity contribution in [2.24, 2.45) is 5.73 Å². The van der Waals surface area contributed by atoms with Crippen LogP contribution in [0.15, 0.2) is 36.7 Å². The van der Waals surface area contributed by atoms with E-state index in [1.807, 2.05) is 31.3 Å². The Hall–Kier alpha value is -1.94. The number of hydrogen-bond acceptors (Lipinski definition) is 4. The van der Waals surface area contributed by atoms with E-state index in [-0.39, 0.29) is 0 Å². The van der Waals surface area contributed by atoms with Gasteiger partial charge in [-0.2, -0.15) is 0 Å². The van der Waals surface area contributed by atoms with Crippen LogP contribution in [-0.2, 0) is 6.54 Å². The predicted molar refractivity (Wildman–Crippen MR) is 78.5 cm³/mol. The van der Waals surface area contributed by atoms with Crippen molar-refractivity contribution in [3.63, 3.8) is 0 Å². The third kappa shape index (κ3) is 2.90. The smallest absolute Gasteiger partial charge is 0.136 e. The lowest BCUT2D eigenvalue weighted by Crippen LogP contribution is -2.15. The SMILES string of the molecule is CC(C)c1cc(N(C)c2ccccc2CN)ncn1. The summed E-state index contributed by atoms with van der Waals surface area (Å²) in [6, 6.07) is 10.1. The maximum Gasteiger partial charge on any atom is 0.136 e. The Morgan fingerprint density at radius 3 is 2.63 bits per heavy atom. The van der Waals surface area contributed by atoms with Gasteiger partial charge in [0.2, 0.25) is 0 Å². The molecule has 4 nitrogen and oxygen atoms in total. The Morgan fingerprint density at radius 2 is 1.95 bits per heavy atom. The second-order valence-corrected chi connectivity index (χ2v) is 4.85. The molecule has 0 saturated heterocycles. The summed E-state index contributed by atoms with van der Waals surface area (Å²) < 4.78 is 0. The molecule has 0 aliphatic rings. The number of benzene rings is 1. The molecular weight excluding hydrogens is 236 g/mol. The Morgan fingerprint density at radius 1 is 1.21 bits per heavy atom. The lowest BCUT2D eigenvalue weighted by molar-refractivity contribution is 0.812. The molecule has 0 unspecified atom stereocenters. The molecule has 100 valence electrons. The molecule has 2 aromatic rings. The molecule has 2 N–H and O–H groups in total. The fraction of sp³-hybridized carbons (Fsp3) is 0.333. The van der Waals surface area contributed by atoms with E-state index < -0.39 is 0 Å². The van der Waals surface area contributed by atoms with Crippen LogP contribution in [0, 0.1) is 0 Å². The highest BCUT2D eigenvalue weighted by Gasteiger charge is 2.11. The Balaban J connectivity index is 2.38. The van der Waals surface area contributed by atoms with Crippen molar-refractivity contribution in [2.45, 2.75) is 26.3 Å². The highest BCUT2D eigenvalue weighted by atomic mass is 15.2. The molecule has 0 spiro atoms. The summed E-state index contributed by atoms with van der Waals surface area (Å²) in [5.74, 6) is 1.28. The fourth-order valence-electron chi connectivity index (χ4n) is 1.99. The van der Waals surface area contributed by atoms with Crippen LogP contribution in [0.3, 0.4) is 0 Å². The molecule has 0 aliphatic heterocycles. The van der Waals surface area contributed by atoms with E-state index >= 15 is 0 Å². The maximum atomic E-state index is 5.79. The van der Waals surface area contributed by atoms with Gasteiger partial charge in [0.15, 0.2) is 0 Å². The van der Waals surface area contributed by atoms with Crippen LogP contribution in [-0.4, -0.2) is 17.0 Å². The molecule has 1 aromatic carbocycles. The standard InChI is InChI=1S/C15H20N4/c1-11(2)13-8-15(18-10-17-13)19(3)14-7-5-4-6-12(14)9-16/h4-8,10-11H,9,16H2,1-3H3. The monoisotopic (exact) mass is 256 g/mol. The summed E-state index contributed by atoms with van der Waals surface area (Å²) in [7, 11) is 2.00. The number of aromatic nitrogens is 2. The Kier molecular flexibility index (Phi) is 4.12. The van der Waals surface area contributed by atoms with Crippen LogP contribution in [0.25, 0.3) is 0 Å². The van der Waals surface area contributed by atoms with Gasteiger partial charge < -0.3 is 10.6 Å². The molecule has 4 heteroatoms. The van der Waals surface area contributed by atoms with Crippen molar-refractivity contribution < 1.29 is 0 Å². The van der Waals surface area contributed by atoms with Gasteiger partial charge in [-0.3, -0.25) is 0 Å². The van der Waals surface area contributed by atoms with Crippen LogP contribution in [0.1, 0.15) is 31.0 Å². The fourth-order valence-corrected chi connectivity index (χ4v) is 1.99. The van der Waals surface area contributed by atoms with Gasteiger partial charge in [0.05, 0.1) is 0 Å². The molecule has 0 radical (unpaired) electrons. The van der Waals surface area contributed by atoms with Gasteiger partial charge in [-0.25, -0.2) is 9.97 Å². The molecule has 0 saturated carbocycles. The lowest BCUT2D eigenvalue weighted by atomic mass is 10.1. The maximum absolute atomic E-state index is 5.79. The van der Waals surface area contributed by atoms with E-state index in [1.165, 1.54) is 0 Å². The number of rotatable bonds is 4. The first-order valence-electron chi connectivity index (χ1n) is 6.47. The van der Waals surface area contributed by atoms with Crippen LogP contribution in [0.5, 0.6) is 0 Å². The lowest BCUT2D eigenvalue weighted by Gasteiger charge is -2.21. The van der Waals surface area contributed by atoms with Crippen LogP contribution < -0.4 is 10.6 Å². The quantitative estimate of drug-likeness (QED) is 0.914. The molecular formula is C15H20N4. The van der Waals surface area contributed by atoms with Gasteiger partial charge in [0, 0.05) is 31.0 Å². The Bertz CT molecular complexity index is 551. The molecule has 2 rings (SSSR count). The van der Waals surface area contributed by atoms with Crippen LogP contribution in [0.4, 0.5) is 11.5 Å². The first kappa shape index (κ1) is 13.5. The minimum absolute atomic E-state index is 0.389. The molecule has 1 aromatic heterocycles. The molecule has 1 heterocycles. The second-order valence-electron chi connectivity index (χ2n) is 4.85. The van der Waals surface area contributed by atoms with Gasteiger partial charge in [0.1, 0.15) is 12.1 Å². The van der Waals surface area contributed by atoms with Crippen molar-refractivity contribution in [3.8, 4) is 0 Å². The van der Waals surface area contributed by atoms with Gasteiger partial charge >= 0.3 is 0 Å². The largest absolute Gasteiger partial charge is 0.329 e. The van der Waals surface area contributed by atoms with Gasteiger partial charge in [-0.15, -0.1) is 0 Å². The van der Waals surface area contributed by atoms with Crippen LogP contribution in [0.2, 0.25) is 0 Å². The van der Waals surface area contributed by atoms with E-state index in [0.717, 1.165) is 22.8 Å². The average Bonchev–Trinajstić information content (AvgIpc) is 2.46. The zero-order valence-corrected chi connectivity index (χ0v) is 11.7. The normalized spacial score (nSPS) is 10.8. The molecule has 19 heavy (non-hydrogen) atoms. The summed E-state index contributed by atoms with van der Waals surface area (Å²) in [5.41, 5.74) is 9.02. The number of nitrogens with zero attached hydrogens (tertiary/aromatic N) is 3. The summed E-state index contributed by atoms with van der Waals surface area (Å²) in [6.45, 7) is 4.77. The van der Waals surface area contributed by atoms with Crippen molar-refractivity contribution >= 4 is 11.5 Å². The van der Waals surface area contributed by atoms with E-state index in [1.54, 1.807) is 6.33 Å². The summed E-state index contributed by atoms with van der Waals surface area (Å²) >= 11 is 0. The van der Waals surface area contributed by atoms with Crippen LogP contribution >= 0.6 is 0 Å². The highest BCUT2D eigenvalue weighted by molar-refractivity contribution is 5.63. The predicted octanol–water partition coefficient (Wildman–Crippen LogP) is 2.83. The average molecular weight is 256 g/mol. The molecule has 0 atom stereocenters. The zero-order chi connectivity index (χ0) is 13.8. The number of nitrogens with two attached hydrogens (primary N) is 1. The van der Waals surface area contributed by atoms with E-state index in [0.29, 0.717) is 12.5 Å². The number of hydrogen-bond donors (Lipinski definition) is 1. The topological polar surface area (TPSA) is 55.0 Å². The van der Waals surface area contributed by atoms with Crippen molar-refractivity contribution in [2.75, 3.05) is 11.9 Å². The number of para-hydroxylation sites is 1. The van der Waals surface area contributed by atoms with Crippen molar-refractivity contribution in [1.29, 1.82) is 0 Å². The third-order valence-electron chi connectivity index (χ3n) is 3.18. The van der Waals surface area contributed by atoms with E-state index in [4.69, 9.17) is 5.73 Å². The first-order chi connectivity index (χ1) is 9.13. The molecule has 0 bridgehead atoms. The van der Waals surface area contributed by atoms with Gasteiger partial charge in [0.25, 0.3) is 0 Å². The zero-order valence-electron chi connectivity index (χ0n) is 11.7. The molecule has 0 amide bonds. The minimum atomic E-state index is 0.389. The van der Waals surface area contributed by atoms with Gasteiger partial charge in [-0.05, 0) is 17.5 Å². The van der Waals surface area contributed by atoms with Crippen molar-refractivity contribution in [3.05, 3.63) is 47.9 Å². The van der Waals surface area contributed by atoms with E-state index in [2.05, 4.69) is 34.8 Å². The molecule has 0 fully saturated rings. The van der Waals surface area contributed by atoms with Gasteiger partial charge in [-0.1, -0.05) is 32.0 Å². The first-order valence-corrected chi connectivity index (χ1v) is 6.47.